The fourth-order valence-electron chi connectivity index (χ4n) is 2.60. The zero-order chi connectivity index (χ0) is 16.2. The first kappa shape index (κ1) is 16.5. The minimum atomic E-state index is -2.37. The van der Waals surface area contributed by atoms with Gasteiger partial charge >= 0.3 is 0 Å². The highest BCUT2D eigenvalue weighted by molar-refractivity contribution is 7.98. The number of alkyl halides is 2. The van der Waals surface area contributed by atoms with Gasteiger partial charge in [0.2, 0.25) is 0 Å². The van der Waals surface area contributed by atoms with Crippen molar-refractivity contribution in [1.82, 2.24) is 14.7 Å². The maximum atomic E-state index is 12.2. The molecule has 0 bridgehead atoms. The van der Waals surface area contributed by atoms with Crippen LogP contribution in [0.3, 0.4) is 0 Å². The van der Waals surface area contributed by atoms with Crippen LogP contribution >= 0.6 is 11.8 Å². The highest BCUT2D eigenvalue weighted by atomic mass is 32.2. The van der Waals surface area contributed by atoms with Crippen molar-refractivity contribution in [1.29, 1.82) is 0 Å². The number of rotatable bonds is 6. The molecule has 0 unspecified atom stereocenters. The second kappa shape index (κ2) is 7.46. The Balaban J connectivity index is 1.55. The fraction of sp³-hybridized carbons (Fsp3) is 0.533. The van der Waals surface area contributed by atoms with Crippen LogP contribution in [-0.2, 0) is 24.1 Å². The Kier molecular flexibility index (Phi) is 5.34. The standard InChI is InChI=1S/C15H19F2N3O2S/c1-19-7-11(6-18-19)14-9-20(4-5-21-14)8-12-2-3-13(22-12)10-23-15(16)17/h2-3,6-7,14-15H,4-5,8-10H2,1H3/t14-/m1/s1. The van der Waals surface area contributed by atoms with E-state index in [1.165, 1.54) is 0 Å². The number of nitrogens with zero attached hydrogens (tertiary/aromatic N) is 3. The van der Waals surface area contributed by atoms with Crippen molar-refractivity contribution in [2.24, 2.45) is 7.05 Å². The first-order chi connectivity index (χ1) is 11.1. The van der Waals surface area contributed by atoms with Gasteiger partial charge in [0, 0.05) is 31.9 Å². The molecule has 3 heterocycles. The lowest BCUT2D eigenvalue weighted by Crippen LogP contribution is -2.37. The van der Waals surface area contributed by atoms with E-state index in [1.54, 1.807) is 10.7 Å². The number of morpholine rings is 1. The lowest BCUT2D eigenvalue weighted by Gasteiger charge is -2.31. The number of hydrogen-bond acceptors (Lipinski definition) is 5. The van der Waals surface area contributed by atoms with Gasteiger partial charge in [0.25, 0.3) is 5.76 Å². The van der Waals surface area contributed by atoms with Gasteiger partial charge in [-0.2, -0.15) is 13.9 Å². The Labute approximate surface area is 137 Å². The Hall–Kier alpha value is -1.38. The van der Waals surface area contributed by atoms with Crippen LogP contribution in [-0.4, -0.2) is 40.1 Å². The topological polar surface area (TPSA) is 43.4 Å². The predicted octanol–water partition coefficient (Wildman–Crippen LogP) is 3.04. The average Bonchev–Trinajstić information content (AvgIpc) is 3.14. The lowest BCUT2D eigenvalue weighted by molar-refractivity contribution is -0.0347. The molecule has 1 fully saturated rings. The van der Waals surface area contributed by atoms with Gasteiger partial charge in [0.1, 0.15) is 11.5 Å². The van der Waals surface area contributed by atoms with E-state index >= 15 is 0 Å². The Morgan fingerprint density at radius 1 is 1.39 bits per heavy atom. The minimum Gasteiger partial charge on any atom is -0.464 e. The molecule has 1 aliphatic heterocycles. The number of halogens is 2. The van der Waals surface area contributed by atoms with Crippen LogP contribution in [0.5, 0.6) is 0 Å². The largest absolute Gasteiger partial charge is 0.464 e. The van der Waals surface area contributed by atoms with Crippen molar-refractivity contribution >= 4 is 11.8 Å². The lowest BCUT2D eigenvalue weighted by atomic mass is 10.1. The Morgan fingerprint density at radius 3 is 2.96 bits per heavy atom. The molecule has 3 rings (SSSR count). The second-order valence-electron chi connectivity index (χ2n) is 5.48. The summed E-state index contributed by atoms with van der Waals surface area (Å²) in [6, 6.07) is 3.62. The maximum Gasteiger partial charge on any atom is 0.284 e. The van der Waals surface area contributed by atoms with E-state index < -0.39 is 5.76 Å². The molecule has 1 aliphatic rings. The van der Waals surface area contributed by atoms with Crippen molar-refractivity contribution in [3.05, 3.63) is 41.6 Å². The van der Waals surface area contributed by atoms with Gasteiger partial charge in [-0.1, -0.05) is 11.8 Å². The number of ether oxygens (including phenoxy) is 1. The molecule has 0 aliphatic carbocycles. The van der Waals surface area contributed by atoms with Crippen molar-refractivity contribution in [3.8, 4) is 0 Å². The maximum absolute atomic E-state index is 12.2. The molecule has 126 valence electrons. The van der Waals surface area contributed by atoms with Crippen LogP contribution in [0.15, 0.2) is 28.9 Å². The van der Waals surface area contributed by atoms with Gasteiger partial charge in [-0.3, -0.25) is 9.58 Å². The molecule has 0 N–H and O–H groups in total. The Morgan fingerprint density at radius 2 is 2.22 bits per heavy atom. The number of furan rings is 1. The van der Waals surface area contributed by atoms with Crippen LogP contribution in [0.25, 0.3) is 0 Å². The van der Waals surface area contributed by atoms with Gasteiger partial charge < -0.3 is 9.15 Å². The summed E-state index contributed by atoms with van der Waals surface area (Å²) in [5, 5.41) is 4.17. The summed E-state index contributed by atoms with van der Waals surface area (Å²) < 4.78 is 37.6. The van der Waals surface area contributed by atoms with Crippen LogP contribution in [0.1, 0.15) is 23.2 Å². The summed E-state index contributed by atoms with van der Waals surface area (Å²) in [5.74, 6) is -0.800. The van der Waals surface area contributed by atoms with Crippen molar-refractivity contribution < 1.29 is 17.9 Å². The van der Waals surface area contributed by atoms with Crippen LogP contribution in [0.2, 0.25) is 0 Å². The highest BCUT2D eigenvalue weighted by Gasteiger charge is 2.23. The van der Waals surface area contributed by atoms with E-state index in [-0.39, 0.29) is 11.9 Å². The van der Waals surface area contributed by atoms with E-state index in [9.17, 15) is 8.78 Å². The number of aromatic nitrogens is 2. The summed E-state index contributed by atoms with van der Waals surface area (Å²) in [7, 11) is 1.88. The molecule has 0 saturated carbocycles. The van der Waals surface area contributed by atoms with Gasteiger partial charge in [-0.05, 0) is 12.1 Å². The first-order valence-corrected chi connectivity index (χ1v) is 8.45. The smallest absolute Gasteiger partial charge is 0.284 e. The summed E-state index contributed by atoms with van der Waals surface area (Å²) in [5.41, 5.74) is 1.06. The van der Waals surface area contributed by atoms with Crippen LogP contribution in [0.4, 0.5) is 8.78 Å². The average molecular weight is 343 g/mol. The molecule has 1 atom stereocenters. The molecule has 1 saturated heterocycles. The molecule has 0 amide bonds. The third-order valence-corrected chi connectivity index (χ3v) is 4.40. The fourth-order valence-corrected chi connectivity index (χ4v) is 3.05. The number of thioether (sulfide) groups is 1. The van der Waals surface area contributed by atoms with Gasteiger partial charge in [0.15, 0.2) is 0 Å². The highest BCUT2D eigenvalue weighted by Crippen LogP contribution is 2.25. The SMILES string of the molecule is Cn1cc([C@H]2CN(Cc3ccc(CSC(F)F)o3)CCO2)cn1. The summed E-state index contributed by atoms with van der Waals surface area (Å²) in [6.45, 7) is 2.87. The molecule has 2 aromatic rings. The number of hydrogen-bond donors (Lipinski definition) is 0. The van der Waals surface area contributed by atoms with Crippen LogP contribution in [0, 0.1) is 0 Å². The van der Waals surface area contributed by atoms with Gasteiger partial charge in [-0.25, -0.2) is 0 Å². The molecule has 0 aromatic carbocycles. The summed E-state index contributed by atoms with van der Waals surface area (Å²) in [6.07, 6.45) is 3.78. The minimum absolute atomic E-state index is 0.00118. The van der Waals surface area contributed by atoms with E-state index in [1.807, 2.05) is 25.5 Å². The van der Waals surface area contributed by atoms with Crippen LogP contribution < -0.4 is 0 Å². The van der Waals surface area contributed by atoms with E-state index in [2.05, 4.69) is 10.00 Å². The molecule has 2 aromatic heterocycles. The molecule has 0 radical (unpaired) electrons. The predicted molar refractivity (Wildman–Crippen MR) is 83.2 cm³/mol. The molecule has 5 nitrogen and oxygen atoms in total. The third kappa shape index (κ3) is 4.55. The zero-order valence-corrected chi connectivity index (χ0v) is 13.6. The van der Waals surface area contributed by atoms with E-state index in [4.69, 9.17) is 9.15 Å². The summed E-state index contributed by atoms with van der Waals surface area (Å²) >= 11 is 0.574. The summed E-state index contributed by atoms with van der Waals surface area (Å²) in [4.78, 5) is 2.24. The normalized spacial score (nSPS) is 19.6. The quantitative estimate of drug-likeness (QED) is 0.807. The van der Waals surface area contributed by atoms with E-state index in [0.29, 0.717) is 30.7 Å². The second-order valence-corrected chi connectivity index (χ2v) is 6.46. The molecular weight excluding hydrogens is 324 g/mol. The van der Waals surface area contributed by atoms with Gasteiger partial charge in [-0.15, -0.1) is 0 Å². The molecule has 23 heavy (non-hydrogen) atoms. The van der Waals surface area contributed by atoms with Crippen molar-refractivity contribution in [2.45, 2.75) is 24.2 Å². The monoisotopic (exact) mass is 343 g/mol. The first-order valence-electron chi connectivity index (χ1n) is 7.40. The van der Waals surface area contributed by atoms with Crippen molar-refractivity contribution in [3.63, 3.8) is 0 Å². The Bertz CT molecular complexity index is 632. The molecule has 8 heteroatoms. The van der Waals surface area contributed by atoms with E-state index in [0.717, 1.165) is 24.4 Å². The third-order valence-electron chi connectivity index (χ3n) is 3.70. The number of aryl methyl sites for hydroxylation is 1. The molecule has 0 spiro atoms. The molecular formula is C15H19F2N3O2S. The van der Waals surface area contributed by atoms with Gasteiger partial charge in [0.05, 0.1) is 31.2 Å². The zero-order valence-electron chi connectivity index (χ0n) is 12.8. The van der Waals surface area contributed by atoms with Crippen molar-refractivity contribution in [2.75, 3.05) is 19.7 Å².